The lowest BCUT2D eigenvalue weighted by Gasteiger charge is -2.11. The van der Waals surface area contributed by atoms with Crippen molar-refractivity contribution in [2.24, 2.45) is 0 Å². The Balaban J connectivity index is 1.96. The Labute approximate surface area is 141 Å². The lowest BCUT2D eigenvalue weighted by atomic mass is 10.1. The number of aromatic nitrogens is 2. The highest BCUT2D eigenvalue weighted by molar-refractivity contribution is 5.86. The number of nitrogens with zero attached hydrogens (tertiary/aromatic N) is 2. The van der Waals surface area contributed by atoms with Crippen LogP contribution in [-0.4, -0.2) is 28.2 Å². The SMILES string of the molecule is COC(=O)/C=C/c1ccc(NCc2ccc(C(C)O)c(C)n2)nc1. The third-order valence-corrected chi connectivity index (χ3v) is 3.48. The van der Waals surface area contributed by atoms with Gasteiger partial charge in [0.2, 0.25) is 0 Å². The van der Waals surface area contributed by atoms with Crippen LogP contribution in [-0.2, 0) is 16.1 Å². The molecular weight excluding hydrogens is 306 g/mol. The number of ether oxygens (including phenoxy) is 1. The highest BCUT2D eigenvalue weighted by Gasteiger charge is 2.06. The highest BCUT2D eigenvalue weighted by Crippen LogP contribution is 2.16. The smallest absolute Gasteiger partial charge is 0.330 e. The number of anilines is 1. The van der Waals surface area contributed by atoms with Gasteiger partial charge in [0.05, 0.1) is 25.5 Å². The third kappa shape index (κ3) is 4.89. The van der Waals surface area contributed by atoms with Crippen molar-refractivity contribution in [1.29, 1.82) is 0 Å². The van der Waals surface area contributed by atoms with E-state index in [1.807, 2.05) is 31.2 Å². The average molecular weight is 327 g/mol. The van der Waals surface area contributed by atoms with Gasteiger partial charge < -0.3 is 15.2 Å². The Hall–Kier alpha value is -2.73. The fourth-order valence-corrected chi connectivity index (χ4v) is 2.19. The molecule has 0 aliphatic rings. The molecule has 0 spiro atoms. The van der Waals surface area contributed by atoms with Crippen LogP contribution in [0.2, 0.25) is 0 Å². The minimum Gasteiger partial charge on any atom is -0.466 e. The molecule has 1 atom stereocenters. The molecule has 0 saturated carbocycles. The van der Waals surface area contributed by atoms with E-state index in [1.165, 1.54) is 13.2 Å². The van der Waals surface area contributed by atoms with E-state index in [1.54, 1.807) is 19.2 Å². The second-order valence-electron chi connectivity index (χ2n) is 5.34. The summed E-state index contributed by atoms with van der Waals surface area (Å²) < 4.78 is 4.53. The monoisotopic (exact) mass is 327 g/mol. The van der Waals surface area contributed by atoms with Crippen LogP contribution in [0.4, 0.5) is 5.82 Å². The van der Waals surface area contributed by atoms with E-state index in [-0.39, 0.29) is 0 Å². The number of aliphatic hydroxyl groups excluding tert-OH is 1. The lowest BCUT2D eigenvalue weighted by molar-refractivity contribution is -0.134. The third-order valence-electron chi connectivity index (χ3n) is 3.48. The topological polar surface area (TPSA) is 84.3 Å². The molecule has 0 fully saturated rings. The summed E-state index contributed by atoms with van der Waals surface area (Å²) in [7, 11) is 1.33. The van der Waals surface area contributed by atoms with Gasteiger partial charge in [-0.25, -0.2) is 9.78 Å². The molecule has 2 aromatic heterocycles. The molecule has 24 heavy (non-hydrogen) atoms. The van der Waals surface area contributed by atoms with Crippen LogP contribution >= 0.6 is 0 Å². The minimum absolute atomic E-state index is 0.403. The number of esters is 1. The number of carbonyl (C=O) groups excluding carboxylic acids is 1. The van der Waals surface area contributed by atoms with Crippen LogP contribution < -0.4 is 5.32 Å². The number of pyridine rings is 2. The standard InChI is InChI=1S/C18H21N3O3/c1-12-16(13(2)22)7-6-15(21-12)11-20-17-8-4-14(10-19-17)5-9-18(23)24-3/h4-10,13,22H,11H2,1-3H3,(H,19,20)/b9-5+. The predicted molar refractivity (Wildman–Crippen MR) is 92.2 cm³/mol. The van der Waals surface area contributed by atoms with Gasteiger partial charge in [-0.05, 0) is 43.7 Å². The molecule has 0 saturated heterocycles. The van der Waals surface area contributed by atoms with E-state index >= 15 is 0 Å². The van der Waals surface area contributed by atoms with Crippen molar-refractivity contribution in [1.82, 2.24) is 9.97 Å². The van der Waals surface area contributed by atoms with Gasteiger partial charge in [0.15, 0.2) is 0 Å². The van der Waals surface area contributed by atoms with E-state index in [0.29, 0.717) is 12.4 Å². The van der Waals surface area contributed by atoms with E-state index in [0.717, 1.165) is 22.5 Å². The largest absolute Gasteiger partial charge is 0.466 e. The zero-order chi connectivity index (χ0) is 17.5. The van der Waals surface area contributed by atoms with Gasteiger partial charge in [-0.3, -0.25) is 4.98 Å². The molecular formula is C18H21N3O3. The van der Waals surface area contributed by atoms with Crippen LogP contribution in [0.5, 0.6) is 0 Å². The first-order chi connectivity index (χ1) is 11.5. The van der Waals surface area contributed by atoms with Gasteiger partial charge >= 0.3 is 5.97 Å². The Morgan fingerprint density at radius 3 is 2.75 bits per heavy atom. The van der Waals surface area contributed by atoms with Crippen molar-refractivity contribution in [2.75, 3.05) is 12.4 Å². The number of carbonyl (C=O) groups is 1. The molecule has 6 nitrogen and oxygen atoms in total. The Morgan fingerprint density at radius 2 is 2.17 bits per heavy atom. The van der Waals surface area contributed by atoms with Crippen molar-refractivity contribution in [2.45, 2.75) is 26.5 Å². The molecule has 0 aromatic carbocycles. The average Bonchev–Trinajstić information content (AvgIpc) is 2.58. The Morgan fingerprint density at radius 1 is 1.38 bits per heavy atom. The highest BCUT2D eigenvalue weighted by atomic mass is 16.5. The summed E-state index contributed by atoms with van der Waals surface area (Å²) in [6, 6.07) is 7.45. The maximum Gasteiger partial charge on any atom is 0.330 e. The maximum atomic E-state index is 11.0. The van der Waals surface area contributed by atoms with E-state index in [9.17, 15) is 9.90 Å². The normalized spacial score (nSPS) is 12.2. The molecule has 2 heterocycles. The van der Waals surface area contributed by atoms with Crippen molar-refractivity contribution < 1.29 is 14.6 Å². The van der Waals surface area contributed by atoms with Crippen LogP contribution in [0.3, 0.4) is 0 Å². The minimum atomic E-state index is -0.522. The Bertz CT molecular complexity index is 725. The molecule has 0 bridgehead atoms. The van der Waals surface area contributed by atoms with Crippen molar-refractivity contribution in [3.63, 3.8) is 0 Å². The number of hydrogen-bond acceptors (Lipinski definition) is 6. The molecule has 6 heteroatoms. The van der Waals surface area contributed by atoms with Gasteiger partial charge in [0, 0.05) is 23.5 Å². The second-order valence-corrected chi connectivity index (χ2v) is 5.34. The second kappa shape index (κ2) is 8.21. The zero-order valence-corrected chi connectivity index (χ0v) is 14.0. The number of nitrogens with one attached hydrogen (secondary N) is 1. The van der Waals surface area contributed by atoms with Crippen LogP contribution in [0.25, 0.3) is 6.08 Å². The van der Waals surface area contributed by atoms with E-state index in [2.05, 4.69) is 20.0 Å². The summed E-state index contributed by atoms with van der Waals surface area (Å²) in [5, 5.41) is 12.8. The first-order valence-corrected chi connectivity index (χ1v) is 7.60. The van der Waals surface area contributed by atoms with Gasteiger partial charge in [-0.15, -0.1) is 0 Å². The molecule has 2 aromatic rings. The van der Waals surface area contributed by atoms with Gasteiger partial charge in [-0.1, -0.05) is 6.07 Å². The molecule has 0 aliphatic heterocycles. The number of rotatable bonds is 6. The van der Waals surface area contributed by atoms with Gasteiger partial charge in [-0.2, -0.15) is 0 Å². The van der Waals surface area contributed by atoms with Crippen molar-refractivity contribution in [3.05, 3.63) is 59.1 Å². The number of methoxy groups -OCH3 is 1. The zero-order valence-electron chi connectivity index (χ0n) is 14.0. The summed E-state index contributed by atoms with van der Waals surface area (Å²) >= 11 is 0. The molecule has 0 aliphatic carbocycles. The summed E-state index contributed by atoms with van der Waals surface area (Å²) in [5.74, 6) is 0.309. The van der Waals surface area contributed by atoms with E-state index < -0.39 is 12.1 Å². The first-order valence-electron chi connectivity index (χ1n) is 7.60. The number of hydrogen-bond donors (Lipinski definition) is 2. The molecule has 2 rings (SSSR count). The Kier molecular flexibility index (Phi) is 6.03. The summed E-state index contributed by atoms with van der Waals surface area (Å²) in [6.07, 6.45) is 4.13. The summed E-state index contributed by atoms with van der Waals surface area (Å²) in [4.78, 5) is 19.8. The number of aryl methyl sites for hydroxylation is 1. The molecule has 1 unspecified atom stereocenters. The van der Waals surface area contributed by atoms with Crippen LogP contribution in [0.1, 0.15) is 35.5 Å². The van der Waals surface area contributed by atoms with Crippen LogP contribution in [0.15, 0.2) is 36.5 Å². The molecule has 0 radical (unpaired) electrons. The summed E-state index contributed by atoms with van der Waals surface area (Å²) in [6.45, 7) is 4.14. The van der Waals surface area contributed by atoms with Crippen LogP contribution in [0, 0.1) is 6.92 Å². The quantitative estimate of drug-likeness (QED) is 0.627. The summed E-state index contributed by atoms with van der Waals surface area (Å²) in [5.41, 5.74) is 3.33. The lowest BCUT2D eigenvalue weighted by Crippen LogP contribution is -2.06. The molecule has 0 amide bonds. The first kappa shape index (κ1) is 17.6. The fourth-order valence-electron chi connectivity index (χ4n) is 2.19. The van der Waals surface area contributed by atoms with E-state index in [4.69, 9.17) is 0 Å². The fraction of sp³-hybridized carbons (Fsp3) is 0.278. The van der Waals surface area contributed by atoms with Crippen molar-refractivity contribution in [3.8, 4) is 0 Å². The van der Waals surface area contributed by atoms with Crippen molar-refractivity contribution >= 4 is 17.9 Å². The maximum absolute atomic E-state index is 11.0. The molecule has 126 valence electrons. The number of aliphatic hydroxyl groups is 1. The predicted octanol–water partition coefficient (Wildman–Crippen LogP) is 2.64. The molecule has 2 N–H and O–H groups in total. The van der Waals surface area contributed by atoms with Gasteiger partial charge in [0.25, 0.3) is 0 Å². The van der Waals surface area contributed by atoms with Gasteiger partial charge in [0.1, 0.15) is 5.82 Å².